The molecule has 4 rings (SSSR count). The van der Waals surface area contributed by atoms with E-state index in [2.05, 4.69) is 10.6 Å². The number of rotatable bonds is 15. The number of carbonyl (C=O) groups excluding carboxylic acids is 1. The van der Waals surface area contributed by atoms with Crippen molar-refractivity contribution in [1.29, 1.82) is 0 Å². The molecule has 2 aromatic carbocycles. The summed E-state index contributed by atoms with van der Waals surface area (Å²) in [5.74, 6) is 1.30. The Morgan fingerprint density at radius 3 is 2.55 bits per heavy atom. The van der Waals surface area contributed by atoms with E-state index in [4.69, 9.17) is 9.47 Å². The van der Waals surface area contributed by atoms with E-state index >= 15 is 0 Å². The molecule has 0 radical (unpaired) electrons. The molecule has 3 N–H and O–H groups in total. The highest BCUT2D eigenvalue weighted by Gasteiger charge is 2.43. The van der Waals surface area contributed by atoms with Gasteiger partial charge in [-0.15, -0.1) is 0 Å². The van der Waals surface area contributed by atoms with Crippen LogP contribution in [0.15, 0.2) is 54.6 Å². The van der Waals surface area contributed by atoms with Crippen molar-refractivity contribution >= 4 is 6.03 Å². The number of nitrogens with zero attached hydrogens (tertiary/aromatic N) is 1. The standard InChI is InChI=1S/C35H53N3O4/c1-36-25-31(24-28-14-5-3-6-15-28)37-34(39)38-22-13-18-30(26-38)35(40,21-11-12-23-41-2)32-19-9-10-20-33(32)42-27-29-16-7-4-8-17-29/h4,7-10,16-17,19-20,28,30-31,36,40H,3,5-6,11-15,18,21-27H2,1-2H3,(H,37,39)/t30-,31+,35?/m1/s1. The van der Waals surface area contributed by atoms with Crippen LogP contribution in [-0.2, 0) is 16.9 Å². The van der Waals surface area contributed by atoms with Crippen LogP contribution in [-0.4, -0.2) is 62.5 Å². The van der Waals surface area contributed by atoms with Crippen LogP contribution in [0.25, 0.3) is 0 Å². The summed E-state index contributed by atoms with van der Waals surface area (Å²) in [6, 6.07) is 18.1. The fourth-order valence-corrected chi connectivity index (χ4v) is 6.97. The minimum Gasteiger partial charge on any atom is -0.489 e. The quantitative estimate of drug-likeness (QED) is 0.217. The molecule has 1 heterocycles. The fourth-order valence-electron chi connectivity index (χ4n) is 6.97. The van der Waals surface area contributed by atoms with Crippen molar-refractivity contribution in [2.75, 3.05) is 40.4 Å². The molecule has 2 fully saturated rings. The third-order valence-electron chi connectivity index (χ3n) is 9.25. The number of hydrogen-bond donors (Lipinski definition) is 3. The van der Waals surface area contributed by atoms with Gasteiger partial charge in [-0.1, -0.05) is 80.6 Å². The molecule has 7 heteroatoms. The van der Waals surface area contributed by atoms with Gasteiger partial charge in [-0.25, -0.2) is 4.79 Å². The van der Waals surface area contributed by atoms with Gasteiger partial charge in [0.2, 0.25) is 0 Å². The van der Waals surface area contributed by atoms with Gasteiger partial charge in [0, 0.05) is 50.9 Å². The number of carbonyl (C=O) groups is 1. The normalized spacial score (nSPS) is 20.1. The largest absolute Gasteiger partial charge is 0.489 e. The summed E-state index contributed by atoms with van der Waals surface area (Å²) < 4.78 is 11.6. The number of ether oxygens (including phenoxy) is 2. The van der Waals surface area contributed by atoms with Gasteiger partial charge in [0.1, 0.15) is 12.4 Å². The maximum absolute atomic E-state index is 13.6. The first-order valence-corrected chi connectivity index (χ1v) is 16.2. The molecule has 2 aromatic rings. The lowest BCUT2D eigenvalue weighted by Gasteiger charge is -2.43. The molecule has 1 aliphatic carbocycles. The van der Waals surface area contributed by atoms with Gasteiger partial charge >= 0.3 is 6.03 Å². The molecule has 1 saturated carbocycles. The SMILES string of the molecule is CNC[C@H](CC1CCCCC1)NC(=O)N1CCC[C@@H](C(O)(CCCCOC)c2ccccc2OCc2ccccc2)C1. The van der Waals surface area contributed by atoms with Crippen molar-refractivity contribution < 1.29 is 19.4 Å². The summed E-state index contributed by atoms with van der Waals surface area (Å²) in [4.78, 5) is 15.6. The lowest BCUT2D eigenvalue weighted by atomic mass is 9.73. The molecule has 1 aliphatic heterocycles. The zero-order valence-electron chi connectivity index (χ0n) is 25.9. The van der Waals surface area contributed by atoms with Crippen molar-refractivity contribution in [2.24, 2.45) is 11.8 Å². The third kappa shape index (κ3) is 9.19. The average Bonchev–Trinajstić information content (AvgIpc) is 3.03. The smallest absolute Gasteiger partial charge is 0.317 e. The van der Waals surface area contributed by atoms with E-state index in [0.717, 1.165) is 49.8 Å². The van der Waals surface area contributed by atoms with E-state index in [0.29, 0.717) is 44.4 Å². The number of urea groups is 1. The molecule has 0 aromatic heterocycles. The van der Waals surface area contributed by atoms with Gasteiger partial charge < -0.3 is 30.1 Å². The summed E-state index contributed by atoms with van der Waals surface area (Å²) in [5, 5.41) is 19.2. The molecule has 0 bridgehead atoms. The minimum absolute atomic E-state index is 0.00824. The molecular formula is C35H53N3O4. The van der Waals surface area contributed by atoms with E-state index in [9.17, 15) is 9.90 Å². The second-order valence-electron chi connectivity index (χ2n) is 12.4. The highest BCUT2D eigenvalue weighted by atomic mass is 16.5. The zero-order chi connectivity index (χ0) is 29.6. The maximum atomic E-state index is 13.6. The first-order chi connectivity index (χ1) is 20.5. The van der Waals surface area contributed by atoms with Crippen LogP contribution in [0.4, 0.5) is 4.79 Å². The van der Waals surface area contributed by atoms with E-state index in [1.165, 1.54) is 32.1 Å². The molecule has 2 aliphatic rings. The van der Waals surface area contributed by atoms with E-state index in [-0.39, 0.29) is 18.0 Å². The highest BCUT2D eigenvalue weighted by Crippen LogP contribution is 2.43. The van der Waals surface area contributed by atoms with Crippen LogP contribution in [0.3, 0.4) is 0 Å². The molecule has 232 valence electrons. The van der Waals surface area contributed by atoms with E-state index < -0.39 is 5.60 Å². The number of para-hydroxylation sites is 1. The first-order valence-electron chi connectivity index (χ1n) is 16.2. The molecule has 0 spiro atoms. The number of amides is 2. The second kappa shape index (κ2) is 16.9. The number of hydrogen-bond acceptors (Lipinski definition) is 5. The summed E-state index contributed by atoms with van der Waals surface area (Å²) in [6.07, 6.45) is 11.5. The monoisotopic (exact) mass is 579 g/mol. The number of piperidine rings is 1. The zero-order valence-corrected chi connectivity index (χ0v) is 25.9. The Bertz CT molecular complexity index is 1060. The number of unbranched alkanes of at least 4 members (excludes halogenated alkanes) is 1. The van der Waals surface area contributed by atoms with Gasteiger partial charge in [0.05, 0.1) is 5.60 Å². The highest BCUT2D eigenvalue weighted by molar-refractivity contribution is 5.74. The molecule has 7 nitrogen and oxygen atoms in total. The van der Waals surface area contributed by atoms with Gasteiger partial charge in [-0.2, -0.15) is 0 Å². The van der Waals surface area contributed by atoms with Crippen molar-refractivity contribution in [2.45, 2.75) is 88.9 Å². The predicted molar refractivity (Wildman–Crippen MR) is 169 cm³/mol. The summed E-state index contributed by atoms with van der Waals surface area (Å²) >= 11 is 0. The Hall–Kier alpha value is -2.61. The van der Waals surface area contributed by atoms with Crippen molar-refractivity contribution in [3.63, 3.8) is 0 Å². The van der Waals surface area contributed by atoms with Crippen molar-refractivity contribution in [3.05, 3.63) is 65.7 Å². The molecule has 42 heavy (non-hydrogen) atoms. The van der Waals surface area contributed by atoms with Crippen LogP contribution >= 0.6 is 0 Å². The number of benzene rings is 2. The molecular weight excluding hydrogens is 526 g/mol. The number of aliphatic hydroxyl groups is 1. The summed E-state index contributed by atoms with van der Waals surface area (Å²) in [5.41, 5.74) is 0.781. The molecule has 1 unspecified atom stereocenters. The second-order valence-corrected chi connectivity index (χ2v) is 12.4. The first kappa shape index (κ1) is 32.3. The Morgan fingerprint density at radius 2 is 1.79 bits per heavy atom. The van der Waals surface area contributed by atoms with Gasteiger partial charge in [0.25, 0.3) is 0 Å². The van der Waals surface area contributed by atoms with Crippen molar-refractivity contribution in [1.82, 2.24) is 15.5 Å². The topological polar surface area (TPSA) is 83.1 Å². The number of nitrogens with one attached hydrogen (secondary N) is 2. The van der Waals surface area contributed by atoms with Gasteiger partial charge in [-0.05, 0) is 63.1 Å². The Kier molecular flexibility index (Phi) is 13.0. The minimum atomic E-state index is -1.12. The number of likely N-dealkylation sites (tertiary alicyclic amines) is 1. The van der Waals surface area contributed by atoms with Crippen molar-refractivity contribution in [3.8, 4) is 5.75 Å². The Balaban J connectivity index is 1.49. The number of likely N-dealkylation sites (N-methyl/N-ethyl adjacent to an activating group) is 1. The van der Waals surface area contributed by atoms with Crippen LogP contribution in [0.5, 0.6) is 5.75 Å². The maximum Gasteiger partial charge on any atom is 0.317 e. The molecule has 2 amide bonds. The number of methoxy groups -OCH3 is 1. The van der Waals surface area contributed by atoms with Gasteiger partial charge in [0.15, 0.2) is 0 Å². The fraction of sp³-hybridized carbons (Fsp3) is 0.629. The third-order valence-corrected chi connectivity index (χ3v) is 9.25. The van der Waals surface area contributed by atoms with E-state index in [1.807, 2.05) is 66.5 Å². The Morgan fingerprint density at radius 1 is 1.02 bits per heavy atom. The van der Waals surface area contributed by atoms with Crippen LogP contribution in [0.1, 0.15) is 81.8 Å². The van der Waals surface area contributed by atoms with Gasteiger partial charge in [-0.3, -0.25) is 0 Å². The lowest BCUT2D eigenvalue weighted by molar-refractivity contribution is -0.0581. The molecule has 3 atom stereocenters. The van der Waals surface area contributed by atoms with E-state index in [1.54, 1.807) is 7.11 Å². The van der Waals surface area contributed by atoms with Crippen LogP contribution in [0, 0.1) is 11.8 Å². The Labute approximate surface area is 253 Å². The van der Waals surface area contributed by atoms with Crippen LogP contribution < -0.4 is 15.4 Å². The lowest BCUT2D eigenvalue weighted by Crippen LogP contribution is -2.54. The molecule has 1 saturated heterocycles. The summed E-state index contributed by atoms with van der Waals surface area (Å²) in [6.45, 7) is 3.11. The summed E-state index contributed by atoms with van der Waals surface area (Å²) in [7, 11) is 3.67. The predicted octanol–water partition coefficient (Wildman–Crippen LogP) is 6.25. The van der Waals surface area contributed by atoms with Crippen LogP contribution in [0.2, 0.25) is 0 Å². The average molecular weight is 580 g/mol.